The van der Waals surface area contributed by atoms with E-state index in [1.807, 2.05) is 13.8 Å². The first kappa shape index (κ1) is 9.06. The van der Waals surface area contributed by atoms with Gasteiger partial charge in [0.25, 0.3) is 0 Å². The molecule has 0 aliphatic carbocycles. The number of rotatable bonds is 2. The standard InChI is InChI=1S/C6H11NO2S2/c1-6(2)3-7(4-11-10)5(8)9-6/h10H,3-4H2,1-2H3. The lowest BCUT2D eigenvalue weighted by atomic mass is 10.1. The maximum atomic E-state index is 11.0. The summed E-state index contributed by atoms with van der Waals surface area (Å²) in [6.45, 7) is 4.45. The van der Waals surface area contributed by atoms with Crippen LogP contribution < -0.4 is 0 Å². The van der Waals surface area contributed by atoms with Crippen LogP contribution in [0.5, 0.6) is 0 Å². The topological polar surface area (TPSA) is 29.5 Å². The summed E-state index contributed by atoms with van der Waals surface area (Å²) in [6, 6.07) is 0. The highest BCUT2D eigenvalue weighted by Crippen LogP contribution is 2.23. The Hall–Kier alpha value is -0.0300. The van der Waals surface area contributed by atoms with Crippen LogP contribution in [0.15, 0.2) is 0 Å². The van der Waals surface area contributed by atoms with Gasteiger partial charge in [-0.15, -0.1) is 11.7 Å². The molecule has 3 nitrogen and oxygen atoms in total. The van der Waals surface area contributed by atoms with Crippen LogP contribution in [0.3, 0.4) is 0 Å². The summed E-state index contributed by atoms with van der Waals surface area (Å²) in [5.41, 5.74) is -0.333. The molecule has 1 amide bonds. The van der Waals surface area contributed by atoms with Gasteiger partial charge in [0.2, 0.25) is 0 Å². The monoisotopic (exact) mass is 193 g/mol. The number of thiol groups is 1. The normalized spacial score (nSPS) is 22.1. The third-order valence-corrected chi connectivity index (χ3v) is 2.18. The van der Waals surface area contributed by atoms with Crippen molar-refractivity contribution in [3.63, 3.8) is 0 Å². The van der Waals surface area contributed by atoms with Crippen LogP contribution in [0.4, 0.5) is 4.79 Å². The predicted octanol–water partition coefficient (Wildman–Crippen LogP) is 1.75. The van der Waals surface area contributed by atoms with Crippen LogP contribution in [-0.2, 0) is 4.74 Å². The molecule has 64 valence electrons. The average Bonchev–Trinajstić information content (AvgIpc) is 2.07. The Labute approximate surface area is 75.3 Å². The van der Waals surface area contributed by atoms with Gasteiger partial charge in [-0.05, 0) is 13.8 Å². The van der Waals surface area contributed by atoms with E-state index in [0.29, 0.717) is 12.4 Å². The van der Waals surface area contributed by atoms with E-state index in [1.165, 1.54) is 10.8 Å². The van der Waals surface area contributed by atoms with E-state index >= 15 is 0 Å². The van der Waals surface area contributed by atoms with Gasteiger partial charge in [0.15, 0.2) is 0 Å². The van der Waals surface area contributed by atoms with Crippen LogP contribution >= 0.6 is 22.5 Å². The predicted molar refractivity (Wildman–Crippen MR) is 48.7 cm³/mol. The molecule has 0 N–H and O–H groups in total. The third-order valence-electron chi connectivity index (χ3n) is 1.41. The van der Waals surface area contributed by atoms with E-state index in [0.717, 1.165) is 0 Å². The Morgan fingerprint density at radius 1 is 1.82 bits per heavy atom. The number of carbonyl (C=O) groups excluding carboxylic acids is 1. The first-order valence-electron chi connectivity index (χ1n) is 3.29. The molecule has 0 bridgehead atoms. The molecule has 1 fully saturated rings. The molecule has 0 atom stereocenters. The second-order valence-electron chi connectivity index (χ2n) is 3.08. The molecule has 1 heterocycles. The van der Waals surface area contributed by atoms with Gasteiger partial charge in [-0.2, -0.15) is 0 Å². The minimum atomic E-state index is -0.333. The molecule has 0 spiro atoms. The van der Waals surface area contributed by atoms with Crippen molar-refractivity contribution in [3.05, 3.63) is 0 Å². The van der Waals surface area contributed by atoms with E-state index in [2.05, 4.69) is 11.7 Å². The molecule has 0 saturated carbocycles. The highest BCUT2D eigenvalue weighted by Gasteiger charge is 2.36. The van der Waals surface area contributed by atoms with Crippen molar-refractivity contribution in [2.75, 3.05) is 12.4 Å². The zero-order valence-corrected chi connectivity index (χ0v) is 8.24. The van der Waals surface area contributed by atoms with Crippen molar-refractivity contribution in [3.8, 4) is 0 Å². The minimum absolute atomic E-state index is 0.239. The van der Waals surface area contributed by atoms with Gasteiger partial charge in [0, 0.05) is 0 Å². The summed E-state index contributed by atoms with van der Waals surface area (Å²) >= 11 is 3.96. The zero-order valence-electron chi connectivity index (χ0n) is 6.53. The molecule has 11 heavy (non-hydrogen) atoms. The Morgan fingerprint density at radius 2 is 2.45 bits per heavy atom. The summed E-state index contributed by atoms with van der Waals surface area (Å²) in [4.78, 5) is 12.7. The van der Waals surface area contributed by atoms with Crippen LogP contribution in [0.2, 0.25) is 0 Å². The fourth-order valence-corrected chi connectivity index (χ4v) is 1.78. The number of nitrogens with zero attached hydrogens (tertiary/aromatic N) is 1. The first-order chi connectivity index (χ1) is 5.05. The number of amides is 1. The second-order valence-corrected chi connectivity index (χ2v) is 4.37. The number of hydrogen-bond acceptors (Lipinski definition) is 4. The van der Waals surface area contributed by atoms with E-state index < -0.39 is 0 Å². The van der Waals surface area contributed by atoms with Crippen molar-refractivity contribution < 1.29 is 9.53 Å². The molecular weight excluding hydrogens is 182 g/mol. The molecule has 0 radical (unpaired) electrons. The Bertz CT molecular complexity index is 172. The highest BCUT2D eigenvalue weighted by molar-refractivity contribution is 8.68. The summed E-state index contributed by atoms with van der Waals surface area (Å²) in [5, 5.41) is 0. The van der Waals surface area contributed by atoms with Crippen LogP contribution in [0, 0.1) is 0 Å². The summed E-state index contributed by atoms with van der Waals surface area (Å²) in [5.74, 6) is 0.589. The fraction of sp³-hybridized carbons (Fsp3) is 0.833. The van der Waals surface area contributed by atoms with Crippen molar-refractivity contribution in [1.29, 1.82) is 0 Å². The van der Waals surface area contributed by atoms with Crippen LogP contribution in [0.1, 0.15) is 13.8 Å². The van der Waals surface area contributed by atoms with E-state index in [-0.39, 0.29) is 11.7 Å². The Morgan fingerprint density at radius 3 is 2.82 bits per heavy atom. The first-order valence-corrected chi connectivity index (χ1v) is 5.33. The number of cyclic esters (lactones) is 1. The van der Waals surface area contributed by atoms with E-state index in [9.17, 15) is 4.79 Å². The average molecular weight is 193 g/mol. The van der Waals surface area contributed by atoms with Crippen molar-refractivity contribution in [2.24, 2.45) is 0 Å². The summed E-state index contributed by atoms with van der Waals surface area (Å²) in [6.07, 6.45) is -0.239. The van der Waals surface area contributed by atoms with Gasteiger partial charge < -0.3 is 4.74 Å². The van der Waals surface area contributed by atoms with Gasteiger partial charge in [-0.1, -0.05) is 10.8 Å². The zero-order chi connectivity index (χ0) is 8.48. The molecule has 1 saturated heterocycles. The van der Waals surface area contributed by atoms with Crippen molar-refractivity contribution >= 4 is 28.5 Å². The molecule has 1 rings (SSSR count). The highest BCUT2D eigenvalue weighted by atomic mass is 33.1. The van der Waals surface area contributed by atoms with Crippen molar-refractivity contribution in [1.82, 2.24) is 4.90 Å². The SMILES string of the molecule is CC1(C)CN(CSS)C(=O)O1. The maximum absolute atomic E-state index is 11.0. The fourth-order valence-electron chi connectivity index (χ4n) is 1.03. The molecule has 0 unspecified atom stereocenters. The molecule has 0 aromatic carbocycles. The molecule has 0 aromatic heterocycles. The molecular formula is C6H11NO2S2. The lowest BCUT2D eigenvalue weighted by molar-refractivity contribution is 0.0861. The molecule has 5 heteroatoms. The van der Waals surface area contributed by atoms with Gasteiger partial charge in [-0.25, -0.2) is 4.79 Å². The molecule has 1 aliphatic rings. The maximum Gasteiger partial charge on any atom is 0.411 e. The van der Waals surface area contributed by atoms with Gasteiger partial charge in [0.1, 0.15) is 5.60 Å². The number of ether oxygens (including phenoxy) is 1. The molecule has 0 aromatic rings. The van der Waals surface area contributed by atoms with Gasteiger partial charge in [0.05, 0.1) is 12.4 Å². The largest absolute Gasteiger partial charge is 0.441 e. The Balaban J connectivity index is 2.52. The smallest absolute Gasteiger partial charge is 0.411 e. The lowest BCUT2D eigenvalue weighted by Gasteiger charge is -2.14. The summed E-state index contributed by atoms with van der Waals surface area (Å²) < 4.78 is 5.05. The Kier molecular flexibility index (Phi) is 2.59. The van der Waals surface area contributed by atoms with Crippen molar-refractivity contribution in [2.45, 2.75) is 19.4 Å². The van der Waals surface area contributed by atoms with Crippen LogP contribution in [0.25, 0.3) is 0 Å². The van der Waals surface area contributed by atoms with Gasteiger partial charge in [-0.3, -0.25) is 4.90 Å². The minimum Gasteiger partial charge on any atom is -0.441 e. The quantitative estimate of drug-likeness (QED) is 0.535. The number of hydrogen-bond donors (Lipinski definition) is 1. The summed E-state index contributed by atoms with van der Waals surface area (Å²) in [7, 11) is 1.32. The van der Waals surface area contributed by atoms with Crippen LogP contribution in [-0.4, -0.2) is 29.0 Å². The van der Waals surface area contributed by atoms with E-state index in [1.54, 1.807) is 4.90 Å². The third kappa shape index (κ3) is 2.20. The molecule has 1 aliphatic heterocycles. The van der Waals surface area contributed by atoms with Gasteiger partial charge >= 0.3 is 6.09 Å². The lowest BCUT2D eigenvalue weighted by Crippen LogP contribution is -2.27. The van der Waals surface area contributed by atoms with E-state index in [4.69, 9.17) is 4.74 Å². The second kappa shape index (κ2) is 3.15. The number of carbonyl (C=O) groups is 1.